The minimum absolute atomic E-state index is 0.0756. The fourth-order valence-electron chi connectivity index (χ4n) is 1.43. The maximum absolute atomic E-state index is 13.6. The number of carbonyl (C=O) groups is 1. The fraction of sp³-hybridized carbons (Fsp3) is 0.462. The molecule has 0 saturated heterocycles. The molecule has 8 heteroatoms. The number of ether oxygens (including phenoxy) is 1. The smallest absolute Gasteiger partial charge is 0.324 e. The van der Waals surface area contributed by atoms with Crippen LogP contribution in [-0.2, 0) is 19.6 Å². The maximum Gasteiger partial charge on any atom is 0.324 e. The third-order valence-electron chi connectivity index (χ3n) is 2.28. The Labute approximate surface area is 128 Å². The van der Waals surface area contributed by atoms with Gasteiger partial charge in [-0.25, -0.2) is 12.8 Å². The van der Waals surface area contributed by atoms with E-state index in [1.54, 1.807) is 20.8 Å². The van der Waals surface area contributed by atoms with Crippen molar-refractivity contribution in [2.24, 2.45) is 0 Å². The molecule has 118 valence electrons. The van der Waals surface area contributed by atoms with Gasteiger partial charge in [0.2, 0.25) is 10.0 Å². The van der Waals surface area contributed by atoms with E-state index >= 15 is 0 Å². The van der Waals surface area contributed by atoms with Crippen molar-refractivity contribution < 1.29 is 22.3 Å². The van der Waals surface area contributed by atoms with Gasteiger partial charge in [0, 0.05) is 5.02 Å². The van der Waals surface area contributed by atoms with E-state index in [-0.39, 0.29) is 5.02 Å². The molecule has 0 aliphatic rings. The number of carbonyl (C=O) groups excluding carboxylic acids is 1. The zero-order valence-electron chi connectivity index (χ0n) is 12.1. The van der Waals surface area contributed by atoms with Crippen molar-refractivity contribution in [2.75, 3.05) is 0 Å². The molecule has 5 nitrogen and oxygen atoms in total. The van der Waals surface area contributed by atoms with E-state index in [0.29, 0.717) is 0 Å². The Morgan fingerprint density at radius 3 is 2.43 bits per heavy atom. The van der Waals surface area contributed by atoms with Crippen molar-refractivity contribution in [1.29, 1.82) is 0 Å². The first kappa shape index (κ1) is 17.9. The van der Waals surface area contributed by atoms with Gasteiger partial charge in [0.05, 0.1) is 0 Å². The normalized spacial score (nSPS) is 13.8. The predicted octanol–water partition coefficient (Wildman–Crippen LogP) is 2.49. The lowest BCUT2D eigenvalue weighted by atomic mass is 10.2. The third kappa shape index (κ3) is 5.26. The van der Waals surface area contributed by atoms with Gasteiger partial charge in [-0.3, -0.25) is 4.79 Å². The van der Waals surface area contributed by atoms with Crippen LogP contribution in [0, 0.1) is 5.82 Å². The van der Waals surface area contributed by atoms with E-state index in [0.717, 1.165) is 12.1 Å². The van der Waals surface area contributed by atoms with Crippen LogP contribution in [0.2, 0.25) is 5.02 Å². The van der Waals surface area contributed by atoms with Crippen molar-refractivity contribution in [2.45, 2.75) is 44.2 Å². The number of hydrogen-bond donors (Lipinski definition) is 1. The summed E-state index contributed by atoms with van der Waals surface area (Å²) in [5.41, 5.74) is -0.748. The Morgan fingerprint density at radius 2 is 1.95 bits per heavy atom. The van der Waals surface area contributed by atoms with Gasteiger partial charge in [-0.15, -0.1) is 0 Å². The second-order valence-corrected chi connectivity index (χ2v) is 7.57. The molecule has 0 aliphatic carbocycles. The van der Waals surface area contributed by atoms with Gasteiger partial charge in [-0.1, -0.05) is 11.6 Å². The first-order valence-electron chi connectivity index (χ1n) is 6.12. The van der Waals surface area contributed by atoms with Crippen LogP contribution >= 0.6 is 11.6 Å². The largest absolute Gasteiger partial charge is 0.459 e. The summed E-state index contributed by atoms with van der Waals surface area (Å²) in [5.74, 6) is -1.74. The molecule has 0 fully saturated rings. The molecule has 0 heterocycles. The summed E-state index contributed by atoms with van der Waals surface area (Å²) in [7, 11) is -4.19. The van der Waals surface area contributed by atoms with Gasteiger partial charge in [-0.2, -0.15) is 4.72 Å². The predicted molar refractivity (Wildman–Crippen MR) is 77.0 cm³/mol. The molecule has 0 saturated carbocycles. The van der Waals surface area contributed by atoms with Crippen LogP contribution in [0.1, 0.15) is 27.7 Å². The van der Waals surface area contributed by atoms with Crippen molar-refractivity contribution >= 4 is 27.6 Å². The minimum atomic E-state index is -4.19. The van der Waals surface area contributed by atoms with Crippen molar-refractivity contribution in [1.82, 2.24) is 4.72 Å². The summed E-state index contributed by atoms with van der Waals surface area (Å²) >= 11 is 5.57. The number of nitrogens with one attached hydrogen (secondary N) is 1. The molecule has 1 N–H and O–H groups in total. The van der Waals surface area contributed by atoms with Gasteiger partial charge >= 0.3 is 5.97 Å². The fourth-order valence-corrected chi connectivity index (χ4v) is 2.84. The molecule has 1 atom stereocenters. The van der Waals surface area contributed by atoms with Crippen LogP contribution in [0.4, 0.5) is 4.39 Å². The number of esters is 1. The molecule has 0 unspecified atom stereocenters. The van der Waals surface area contributed by atoms with Crippen LogP contribution in [-0.4, -0.2) is 26.0 Å². The standard InChI is InChI=1S/C13H17ClFNO4S/c1-8(12(17)20-13(2,3)4)16-21(18,19)11-6-5-9(14)7-10(11)15/h5-8,16H,1-4H3/t8-/m0/s1. The monoisotopic (exact) mass is 337 g/mol. The van der Waals surface area contributed by atoms with E-state index in [9.17, 15) is 17.6 Å². The Balaban J connectivity index is 2.92. The summed E-state index contributed by atoms with van der Waals surface area (Å²) in [6.07, 6.45) is 0. The molecular formula is C13H17ClFNO4S. The van der Waals surface area contributed by atoms with E-state index in [1.165, 1.54) is 13.0 Å². The topological polar surface area (TPSA) is 72.5 Å². The second kappa shape index (κ2) is 6.29. The summed E-state index contributed by atoms with van der Waals surface area (Å²) in [6.45, 7) is 6.29. The molecular weight excluding hydrogens is 321 g/mol. The average molecular weight is 338 g/mol. The molecule has 0 aliphatic heterocycles. The number of benzene rings is 1. The third-order valence-corrected chi connectivity index (χ3v) is 4.08. The van der Waals surface area contributed by atoms with Gasteiger partial charge in [-0.05, 0) is 45.9 Å². The first-order valence-corrected chi connectivity index (χ1v) is 7.99. The lowest BCUT2D eigenvalue weighted by Crippen LogP contribution is -2.42. The molecule has 0 spiro atoms. The highest BCUT2D eigenvalue weighted by Crippen LogP contribution is 2.19. The van der Waals surface area contributed by atoms with Crippen LogP contribution < -0.4 is 4.72 Å². The molecule has 1 rings (SSSR count). The average Bonchev–Trinajstić information content (AvgIpc) is 2.24. The van der Waals surface area contributed by atoms with Gasteiger partial charge in [0.1, 0.15) is 22.4 Å². The number of rotatable bonds is 4. The highest BCUT2D eigenvalue weighted by Gasteiger charge is 2.28. The molecule has 0 radical (unpaired) electrons. The van der Waals surface area contributed by atoms with Crippen molar-refractivity contribution in [3.05, 3.63) is 29.0 Å². The molecule has 0 aromatic heterocycles. The Kier molecular flexibility index (Phi) is 5.35. The lowest BCUT2D eigenvalue weighted by molar-refractivity contribution is -0.156. The summed E-state index contributed by atoms with van der Waals surface area (Å²) in [6, 6.07) is 2.01. The van der Waals surface area contributed by atoms with E-state index in [4.69, 9.17) is 16.3 Å². The van der Waals surface area contributed by atoms with Crippen molar-refractivity contribution in [3.8, 4) is 0 Å². The summed E-state index contributed by atoms with van der Waals surface area (Å²) in [5, 5.41) is 0.0756. The Bertz CT molecular complexity index is 640. The maximum atomic E-state index is 13.6. The highest BCUT2D eigenvalue weighted by molar-refractivity contribution is 7.89. The van der Waals surface area contributed by atoms with Crippen molar-refractivity contribution in [3.63, 3.8) is 0 Å². The molecule has 1 aromatic rings. The summed E-state index contributed by atoms with van der Waals surface area (Å²) < 4.78 is 44.9. The molecule has 0 bridgehead atoms. The number of hydrogen-bond acceptors (Lipinski definition) is 4. The first-order chi connectivity index (χ1) is 9.42. The van der Waals surface area contributed by atoms with Crippen LogP contribution in [0.25, 0.3) is 0 Å². The zero-order valence-corrected chi connectivity index (χ0v) is 13.7. The van der Waals surface area contributed by atoms with Gasteiger partial charge < -0.3 is 4.74 Å². The highest BCUT2D eigenvalue weighted by atomic mass is 35.5. The SMILES string of the molecule is C[C@H](NS(=O)(=O)c1ccc(Cl)cc1F)C(=O)OC(C)(C)C. The van der Waals surface area contributed by atoms with Gasteiger partial charge in [0.25, 0.3) is 0 Å². The molecule has 21 heavy (non-hydrogen) atoms. The van der Waals surface area contributed by atoms with Crippen LogP contribution in [0.15, 0.2) is 23.1 Å². The van der Waals surface area contributed by atoms with E-state index < -0.39 is 38.3 Å². The lowest BCUT2D eigenvalue weighted by Gasteiger charge is -2.22. The van der Waals surface area contributed by atoms with Crippen LogP contribution in [0.5, 0.6) is 0 Å². The summed E-state index contributed by atoms with van der Waals surface area (Å²) in [4.78, 5) is 11.2. The zero-order chi connectivity index (χ0) is 16.4. The van der Waals surface area contributed by atoms with Crippen LogP contribution in [0.3, 0.4) is 0 Å². The minimum Gasteiger partial charge on any atom is -0.459 e. The number of halogens is 2. The number of sulfonamides is 1. The quantitative estimate of drug-likeness (QED) is 0.857. The van der Waals surface area contributed by atoms with Gasteiger partial charge in [0.15, 0.2) is 0 Å². The molecule has 0 amide bonds. The molecule has 1 aromatic carbocycles. The second-order valence-electron chi connectivity index (χ2n) is 5.45. The Hall–Kier alpha value is -1.18. The van der Waals surface area contributed by atoms with E-state index in [1.807, 2.05) is 0 Å². The van der Waals surface area contributed by atoms with E-state index in [2.05, 4.69) is 4.72 Å². The Morgan fingerprint density at radius 1 is 1.38 bits per heavy atom.